The summed E-state index contributed by atoms with van der Waals surface area (Å²) in [4.78, 5) is 9.08. The Balaban J connectivity index is 1.96. The number of aryl methyl sites for hydroxylation is 1. The first kappa shape index (κ1) is 22.0. The molecule has 0 aliphatic heterocycles. The van der Waals surface area contributed by atoms with E-state index in [1.165, 1.54) is 0 Å². The van der Waals surface area contributed by atoms with Crippen LogP contribution in [0, 0.1) is 0 Å². The molecule has 0 amide bonds. The molecule has 1 aromatic carbocycles. The Hall–Kier alpha value is -2.25. The fraction of sp³-hybridized carbons (Fsp3) is 0.500. The number of rotatable bonds is 9. The maximum Gasteiger partial charge on any atom is 0.193 e. The number of halogens is 1. The second-order valence-corrected chi connectivity index (χ2v) is 7.28. The van der Waals surface area contributed by atoms with E-state index in [2.05, 4.69) is 41.2 Å². The van der Waals surface area contributed by atoms with Crippen molar-refractivity contribution in [3.05, 3.63) is 47.2 Å². The van der Waals surface area contributed by atoms with Gasteiger partial charge in [-0.05, 0) is 45.3 Å². The molecule has 0 saturated carbocycles. The number of hydrogen-bond donors (Lipinski definition) is 1. The largest absolute Gasteiger partial charge is 0.492 e. The number of aliphatic imine (C=N–C) groups is 1. The minimum atomic E-state index is 0.168. The number of aromatic nitrogens is 2. The van der Waals surface area contributed by atoms with E-state index in [-0.39, 0.29) is 6.04 Å². The first-order chi connectivity index (χ1) is 13.4. The number of nitrogens with zero attached hydrogens (tertiary/aromatic N) is 5. The van der Waals surface area contributed by atoms with Gasteiger partial charge in [-0.15, -0.1) is 0 Å². The average molecular weight is 407 g/mol. The quantitative estimate of drug-likeness (QED) is 0.512. The molecule has 1 N–H and O–H groups in total. The summed E-state index contributed by atoms with van der Waals surface area (Å²) < 4.78 is 7.61. The van der Waals surface area contributed by atoms with E-state index in [9.17, 15) is 0 Å². The summed E-state index contributed by atoms with van der Waals surface area (Å²) in [5.74, 6) is 1.67. The van der Waals surface area contributed by atoms with Gasteiger partial charge in [-0.2, -0.15) is 5.10 Å². The molecule has 0 aliphatic rings. The maximum atomic E-state index is 5.90. The smallest absolute Gasteiger partial charge is 0.193 e. The topological polar surface area (TPSA) is 57.9 Å². The molecule has 0 radical (unpaired) electrons. The molecular formula is C20H31ClN6O. The highest BCUT2D eigenvalue weighted by Crippen LogP contribution is 2.18. The number of hydrogen-bond acceptors (Lipinski definition) is 4. The van der Waals surface area contributed by atoms with Gasteiger partial charge in [0.1, 0.15) is 12.4 Å². The Morgan fingerprint density at radius 3 is 2.57 bits per heavy atom. The highest BCUT2D eigenvalue weighted by atomic mass is 35.5. The van der Waals surface area contributed by atoms with Crippen LogP contribution >= 0.6 is 11.6 Å². The van der Waals surface area contributed by atoms with Crippen LogP contribution in [0.15, 0.2) is 41.7 Å². The summed E-state index contributed by atoms with van der Waals surface area (Å²) in [7, 11) is 8.06. The standard InChI is InChI=1S/C20H31ClN6O/c1-6-22-20(23-14-19(25(2)3)16-13-24-27(5)15-16)26(4)11-12-28-18-9-7-17(21)8-10-18/h7-10,13,15,19H,6,11-12,14H2,1-5H3,(H,22,23). The van der Waals surface area contributed by atoms with Gasteiger partial charge in [-0.25, -0.2) is 0 Å². The van der Waals surface area contributed by atoms with Crippen molar-refractivity contribution < 1.29 is 4.74 Å². The van der Waals surface area contributed by atoms with E-state index in [1.807, 2.05) is 55.4 Å². The molecule has 2 aromatic rings. The second kappa shape index (κ2) is 10.9. The van der Waals surface area contributed by atoms with Gasteiger partial charge in [-0.1, -0.05) is 11.6 Å². The zero-order valence-electron chi connectivity index (χ0n) is 17.4. The highest BCUT2D eigenvalue weighted by molar-refractivity contribution is 6.30. The Kier molecular flexibility index (Phi) is 8.60. The molecule has 1 unspecified atom stereocenters. The zero-order chi connectivity index (χ0) is 20.5. The molecule has 0 saturated heterocycles. The minimum Gasteiger partial charge on any atom is -0.492 e. The molecular weight excluding hydrogens is 376 g/mol. The van der Waals surface area contributed by atoms with Crippen molar-refractivity contribution in [3.63, 3.8) is 0 Å². The van der Waals surface area contributed by atoms with Gasteiger partial charge in [0.25, 0.3) is 0 Å². The average Bonchev–Trinajstić information content (AvgIpc) is 3.08. The third-order valence-corrected chi connectivity index (χ3v) is 4.60. The van der Waals surface area contributed by atoms with Crippen LogP contribution < -0.4 is 10.1 Å². The van der Waals surface area contributed by atoms with Crippen molar-refractivity contribution in [1.29, 1.82) is 0 Å². The lowest BCUT2D eigenvalue weighted by molar-refractivity contribution is 0.279. The lowest BCUT2D eigenvalue weighted by atomic mass is 10.1. The van der Waals surface area contributed by atoms with Crippen LogP contribution in [0.1, 0.15) is 18.5 Å². The van der Waals surface area contributed by atoms with E-state index >= 15 is 0 Å². The Morgan fingerprint density at radius 2 is 2.00 bits per heavy atom. The summed E-state index contributed by atoms with van der Waals surface area (Å²) >= 11 is 5.90. The molecule has 1 aromatic heterocycles. The number of nitrogens with one attached hydrogen (secondary N) is 1. The summed E-state index contributed by atoms with van der Waals surface area (Å²) in [6, 6.07) is 7.56. The van der Waals surface area contributed by atoms with Gasteiger partial charge in [0.05, 0.1) is 25.3 Å². The molecule has 0 aliphatic carbocycles. The summed E-state index contributed by atoms with van der Waals surface area (Å²) in [6.45, 7) is 4.79. The first-order valence-corrected chi connectivity index (χ1v) is 9.81. The monoisotopic (exact) mass is 406 g/mol. The van der Waals surface area contributed by atoms with Crippen LogP contribution in [0.2, 0.25) is 5.02 Å². The van der Waals surface area contributed by atoms with Crippen LogP contribution in [-0.2, 0) is 7.05 Å². The molecule has 28 heavy (non-hydrogen) atoms. The van der Waals surface area contributed by atoms with Crippen molar-refractivity contribution in [1.82, 2.24) is 24.9 Å². The number of ether oxygens (including phenoxy) is 1. The first-order valence-electron chi connectivity index (χ1n) is 9.43. The number of guanidine groups is 1. The SMILES string of the molecule is CCNC(=NCC(c1cnn(C)c1)N(C)C)N(C)CCOc1ccc(Cl)cc1. The fourth-order valence-corrected chi connectivity index (χ4v) is 2.88. The second-order valence-electron chi connectivity index (χ2n) is 6.85. The molecule has 8 heteroatoms. The van der Waals surface area contributed by atoms with Gasteiger partial charge in [0.15, 0.2) is 5.96 Å². The van der Waals surface area contributed by atoms with E-state index in [0.717, 1.165) is 23.8 Å². The summed E-state index contributed by atoms with van der Waals surface area (Å²) in [5, 5.41) is 8.34. The highest BCUT2D eigenvalue weighted by Gasteiger charge is 2.16. The van der Waals surface area contributed by atoms with Crippen molar-refractivity contribution in [2.24, 2.45) is 12.0 Å². The van der Waals surface area contributed by atoms with Crippen molar-refractivity contribution in [2.75, 3.05) is 47.4 Å². The summed E-state index contributed by atoms with van der Waals surface area (Å²) in [6.07, 6.45) is 3.94. The van der Waals surface area contributed by atoms with Gasteiger partial charge in [0.2, 0.25) is 0 Å². The van der Waals surface area contributed by atoms with Crippen LogP contribution in [0.25, 0.3) is 0 Å². The van der Waals surface area contributed by atoms with Crippen molar-refractivity contribution in [2.45, 2.75) is 13.0 Å². The molecule has 7 nitrogen and oxygen atoms in total. The van der Waals surface area contributed by atoms with E-state index in [1.54, 1.807) is 0 Å². The van der Waals surface area contributed by atoms with Crippen LogP contribution in [0.5, 0.6) is 5.75 Å². The Bertz CT molecular complexity index is 743. The molecule has 1 heterocycles. The van der Waals surface area contributed by atoms with E-state index in [0.29, 0.717) is 24.7 Å². The molecule has 0 fully saturated rings. The van der Waals surface area contributed by atoms with Crippen LogP contribution in [0.4, 0.5) is 0 Å². The van der Waals surface area contributed by atoms with Crippen molar-refractivity contribution in [3.8, 4) is 5.75 Å². The fourth-order valence-electron chi connectivity index (χ4n) is 2.76. The summed E-state index contributed by atoms with van der Waals surface area (Å²) in [5.41, 5.74) is 1.15. The normalized spacial score (nSPS) is 12.9. The Morgan fingerprint density at radius 1 is 1.29 bits per heavy atom. The molecule has 2 rings (SSSR count). The molecule has 154 valence electrons. The van der Waals surface area contributed by atoms with Gasteiger partial charge in [-0.3, -0.25) is 9.67 Å². The molecule has 0 bridgehead atoms. The van der Waals surface area contributed by atoms with Gasteiger partial charge in [0, 0.05) is 37.4 Å². The van der Waals surface area contributed by atoms with Crippen LogP contribution in [0.3, 0.4) is 0 Å². The maximum absolute atomic E-state index is 5.90. The minimum absolute atomic E-state index is 0.168. The van der Waals surface area contributed by atoms with Gasteiger partial charge >= 0.3 is 0 Å². The third kappa shape index (κ3) is 6.73. The van der Waals surface area contributed by atoms with Gasteiger partial charge < -0.3 is 19.9 Å². The van der Waals surface area contributed by atoms with E-state index in [4.69, 9.17) is 21.3 Å². The predicted molar refractivity (Wildman–Crippen MR) is 115 cm³/mol. The third-order valence-electron chi connectivity index (χ3n) is 4.35. The van der Waals surface area contributed by atoms with E-state index < -0.39 is 0 Å². The zero-order valence-corrected chi connectivity index (χ0v) is 18.1. The number of benzene rings is 1. The Labute approximate surface area is 172 Å². The van der Waals surface area contributed by atoms with Crippen molar-refractivity contribution >= 4 is 17.6 Å². The molecule has 1 atom stereocenters. The predicted octanol–water partition coefficient (Wildman–Crippen LogP) is 2.65. The number of likely N-dealkylation sites (N-methyl/N-ethyl adjacent to an activating group) is 2. The lowest BCUT2D eigenvalue weighted by Gasteiger charge is -2.25. The van der Waals surface area contributed by atoms with Crippen LogP contribution in [-0.4, -0.2) is 72.9 Å². The lowest BCUT2D eigenvalue weighted by Crippen LogP contribution is -2.41. The molecule has 0 spiro atoms.